The minimum atomic E-state index is -4.42. The van der Waals surface area contributed by atoms with Crippen LogP contribution < -0.4 is 16.2 Å². The highest BCUT2D eigenvalue weighted by molar-refractivity contribution is 5.68. The molecule has 4 rings (SSSR count). The number of aromatic nitrogens is 2. The van der Waals surface area contributed by atoms with Gasteiger partial charge in [-0.15, -0.1) is 0 Å². The molecule has 0 fully saturated rings. The van der Waals surface area contributed by atoms with Gasteiger partial charge in [0.25, 0.3) is 0 Å². The molecule has 2 heterocycles. The van der Waals surface area contributed by atoms with Crippen molar-refractivity contribution in [2.24, 2.45) is 5.10 Å². The van der Waals surface area contributed by atoms with Gasteiger partial charge in [0.15, 0.2) is 0 Å². The predicted molar refractivity (Wildman–Crippen MR) is 104 cm³/mol. The third-order valence-corrected chi connectivity index (χ3v) is 4.57. The summed E-state index contributed by atoms with van der Waals surface area (Å²) in [5.41, 5.74) is 6.75. The van der Waals surface area contributed by atoms with E-state index in [-0.39, 0.29) is 11.1 Å². The van der Waals surface area contributed by atoms with E-state index in [1.807, 2.05) is 6.07 Å². The van der Waals surface area contributed by atoms with Gasteiger partial charge in [0.2, 0.25) is 5.43 Å². The lowest BCUT2D eigenvalue weighted by Crippen LogP contribution is -2.27. The highest BCUT2D eigenvalue weighted by Crippen LogP contribution is 2.32. The number of hydrazone groups is 1. The second kappa shape index (κ2) is 7.08. The van der Waals surface area contributed by atoms with E-state index in [4.69, 9.17) is 5.73 Å². The van der Waals surface area contributed by atoms with Crippen molar-refractivity contribution in [1.29, 1.82) is 0 Å². The molecule has 0 aliphatic carbocycles. The van der Waals surface area contributed by atoms with E-state index in [1.54, 1.807) is 29.4 Å². The molecule has 0 amide bonds. The SMILES string of the molecule is Nc1cccc(N2N=CCC2c2nn(-c3ccc(C(F)(F)F)cc3)ccc2=O)c1. The quantitative estimate of drug-likeness (QED) is 0.681. The maximum absolute atomic E-state index is 12.8. The van der Waals surface area contributed by atoms with Gasteiger partial charge in [-0.2, -0.15) is 23.4 Å². The molecule has 1 unspecified atom stereocenters. The summed E-state index contributed by atoms with van der Waals surface area (Å²) in [7, 11) is 0. The molecule has 0 radical (unpaired) electrons. The molecule has 1 atom stereocenters. The number of hydrogen-bond donors (Lipinski definition) is 1. The fraction of sp³-hybridized carbons (Fsp3) is 0.150. The number of alkyl halides is 3. The molecule has 0 saturated heterocycles. The van der Waals surface area contributed by atoms with Crippen LogP contribution in [0.1, 0.15) is 23.7 Å². The van der Waals surface area contributed by atoms with Crippen molar-refractivity contribution in [3.05, 3.63) is 82.3 Å². The van der Waals surface area contributed by atoms with Gasteiger partial charge in [-0.05, 0) is 42.5 Å². The Kier molecular flexibility index (Phi) is 4.57. The molecule has 1 aromatic heterocycles. The maximum Gasteiger partial charge on any atom is 0.416 e. The predicted octanol–water partition coefficient (Wildman–Crippen LogP) is 3.77. The Morgan fingerprint density at radius 1 is 1.03 bits per heavy atom. The molecule has 2 aromatic carbocycles. The fourth-order valence-corrected chi connectivity index (χ4v) is 3.16. The van der Waals surface area contributed by atoms with Gasteiger partial charge in [0.05, 0.1) is 16.9 Å². The Morgan fingerprint density at radius 2 is 1.79 bits per heavy atom. The lowest BCUT2D eigenvalue weighted by Gasteiger charge is -2.23. The van der Waals surface area contributed by atoms with Crippen LogP contribution in [0.3, 0.4) is 0 Å². The second-order valence-corrected chi connectivity index (χ2v) is 6.54. The molecule has 6 nitrogen and oxygen atoms in total. The van der Waals surface area contributed by atoms with E-state index in [9.17, 15) is 18.0 Å². The minimum absolute atomic E-state index is 0.243. The fourth-order valence-electron chi connectivity index (χ4n) is 3.16. The summed E-state index contributed by atoms with van der Waals surface area (Å²) in [4.78, 5) is 12.5. The largest absolute Gasteiger partial charge is 0.416 e. The first-order valence-corrected chi connectivity index (χ1v) is 8.78. The average molecular weight is 399 g/mol. The first-order chi connectivity index (χ1) is 13.8. The van der Waals surface area contributed by atoms with Crippen molar-refractivity contribution in [2.45, 2.75) is 18.6 Å². The lowest BCUT2D eigenvalue weighted by atomic mass is 10.1. The van der Waals surface area contributed by atoms with Crippen LogP contribution >= 0.6 is 0 Å². The van der Waals surface area contributed by atoms with Gasteiger partial charge < -0.3 is 5.73 Å². The molecule has 3 aromatic rings. The Balaban J connectivity index is 1.69. The van der Waals surface area contributed by atoms with Crippen LogP contribution in [0, 0.1) is 0 Å². The van der Waals surface area contributed by atoms with E-state index in [0.29, 0.717) is 17.8 Å². The van der Waals surface area contributed by atoms with Crippen LogP contribution in [-0.2, 0) is 6.18 Å². The number of benzene rings is 2. The topological polar surface area (TPSA) is 76.5 Å². The number of halogens is 3. The summed E-state index contributed by atoms with van der Waals surface area (Å²) in [6, 6.07) is 12.6. The van der Waals surface area contributed by atoms with Crippen LogP contribution in [0.2, 0.25) is 0 Å². The van der Waals surface area contributed by atoms with E-state index in [2.05, 4.69) is 10.2 Å². The van der Waals surface area contributed by atoms with Gasteiger partial charge in [-0.25, -0.2) is 4.68 Å². The van der Waals surface area contributed by atoms with Gasteiger partial charge in [0.1, 0.15) is 11.7 Å². The normalized spacial score (nSPS) is 16.4. The number of nitrogens with zero attached hydrogens (tertiary/aromatic N) is 4. The number of rotatable bonds is 3. The summed E-state index contributed by atoms with van der Waals surface area (Å²) in [5.74, 6) is 0. The molecule has 0 bridgehead atoms. The molecule has 9 heteroatoms. The zero-order valence-electron chi connectivity index (χ0n) is 15.0. The monoisotopic (exact) mass is 399 g/mol. The van der Waals surface area contributed by atoms with E-state index in [0.717, 1.165) is 17.8 Å². The summed E-state index contributed by atoms with van der Waals surface area (Å²) in [6.07, 6.45) is -0.840. The van der Waals surface area contributed by atoms with Crippen molar-refractivity contribution >= 4 is 17.6 Å². The van der Waals surface area contributed by atoms with Gasteiger partial charge in [0, 0.05) is 30.6 Å². The smallest absolute Gasteiger partial charge is 0.399 e. The zero-order chi connectivity index (χ0) is 20.6. The number of anilines is 2. The molecule has 2 N–H and O–H groups in total. The standard InChI is InChI=1S/C20H16F3N5O/c21-20(22,23)13-4-6-15(7-5-13)27-11-9-18(29)19(26-27)17-8-10-25-28(17)16-3-1-2-14(24)12-16/h1-7,9-12,17H,8,24H2. The Morgan fingerprint density at radius 3 is 2.48 bits per heavy atom. The Bertz CT molecular complexity index is 1120. The third-order valence-electron chi connectivity index (χ3n) is 4.57. The molecular formula is C20H16F3N5O. The summed E-state index contributed by atoms with van der Waals surface area (Å²) < 4.78 is 39.7. The number of nitrogen functional groups attached to an aromatic ring is 1. The van der Waals surface area contributed by atoms with E-state index >= 15 is 0 Å². The van der Waals surface area contributed by atoms with Crippen LogP contribution in [0.25, 0.3) is 5.69 Å². The van der Waals surface area contributed by atoms with Crippen molar-refractivity contribution in [3.8, 4) is 5.69 Å². The summed E-state index contributed by atoms with van der Waals surface area (Å²) >= 11 is 0. The third kappa shape index (κ3) is 3.71. The first-order valence-electron chi connectivity index (χ1n) is 8.78. The molecule has 1 aliphatic heterocycles. The molecule has 29 heavy (non-hydrogen) atoms. The second-order valence-electron chi connectivity index (χ2n) is 6.54. The number of nitrogens with two attached hydrogens (primary N) is 1. The van der Waals surface area contributed by atoms with Crippen molar-refractivity contribution in [3.63, 3.8) is 0 Å². The van der Waals surface area contributed by atoms with Gasteiger partial charge >= 0.3 is 6.18 Å². The summed E-state index contributed by atoms with van der Waals surface area (Å²) in [5, 5.41) is 10.4. The van der Waals surface area contributed by atoms with Crippen molar-refractivity contribution in [2.75, 3.05) is 10.7 Å². The molecule has 1 aliphatic rings. The van der Waals surface area contributed by atoms with E-state index < -0.39 is 17.8 Å². The van der Waals surface area contributed by atoms with E-state index in [1.165, 1.54) is 29.1 Å². The highest BCUT2D eigenvalue weighted by Gasteiger charge is 2.30. The first kappa shape index (κ1) is 18.7. The summed E-state index contributed by atoms with van der Waals surface area (Å²) in [6.45, 7) is 0. The molecular weight excluding hydrogens is 383 g/mol. The minimum Gasteiger partial charge on any atom is -0.399 e. The Hall–Kier alpha value is -3.62. The highest BCUT2D eigenvalue weighted by atomic mass is 19.4. The van der Waals surface area contributed by atoms with Crippen LogP contribution in [0.15, 0.2) is 70.7 Å². The maximum atomic E-state index is 12.8. The average Bonchev–Trinajstić information content (AvgIpc) is 3.17. The molecule has 148 valence electrons. The molecule has 0 spiro atoms. The van der Waals surface area contributed by atoms with Crippen LogP contribution in [0.4, 0.5) is 24.5 Å². The van der Waals surface area contributed by atoms with Crippen molar-refractivity contribution in [1.82, 2.24) is 9.78 Å². The van der Waals surface area contributed by atoms with Gasteiger partial charge in [-0.3, -0.25) is 9.80 Å². The van der Waals surface area contributed by atoms with Gasteiger partial charge in [-0.1, -0.05) is 6.07 Å². The molecule has 0 saturated carbocycles. The van der Waals surface area contributed by atoms with Crippen LogP contribution in [-0.4, -0.2) is 16.0 Å². The zero-order valence-corrected chi connectivity index (χ0v) is 15.0. The Labute approximate surface area is 163 Å². The van der Waals surface area contributed by atoms with Crippen LogP contribution in [0.5, 0.6) is 0 Å². The number of hydrogen-bond acceptors (Lipinski definition) is 5. The lowest BCUT2D eigenvalue weighted by molar-refractivity contribution is -0.137. The van der Waals surface area contributed by atoms with Crippen molar-refractivity contribution < 1.29 is 13.2 Å².